The van der Waals surface area contributed by atoms with Crippen LogP contribution in [0.25, 0.3) is 0 Å². The number of hydrogen-bond acceptors (Lipinski definition) is 2. The van der Waals surface area contributed by atoms with Gasteiger partial charge in [-0.25, -0.2) is 4.79 Å². The fourth-order valence-electron chi connectivity index (χ4n) is 2.63. The Balaban J connectivity index is 1.74. The Morgan fingerprint density at radius 1 is 1.24 bits per heavy atom. The van der Waals surface area contributed by atoms with E-state index in [1.807, 2.05) is 13.0 Å². The van der Waals surface area contributed by atoms with Gasteiger partial charge >= 0.3 is 5.97 Å². The molecule has 0 saturated heterocycles. The maximum absolute atomic E-state index is 11.1. The molecule has 21 heavy (non-hydrogen) atoms. The van der Waals surface area contributed by atoms with Crippen LogP contribution in [0, 0.1) is 6.92 Å². The molecule has 1 aliphatic carbocycles. The van der Waals surface area contributed by atoms with Crippen LogP contribution in [0.5, 0.6) is 0 Å². The molecule has 1 aliphatic rings. The van der Waals surface area contributed by atoms with Crippen molar-refractivity contribution in [3.05, 3.63) is 64.7 Å². The number of carboxylic acid groups (broad SMARTS) is 1. The van der Waals surface area contributed by atoms with Gasteiger partial charge < -0.3 is 10.4 Å². The molecule has 0 bridgehead atoms. The third kappa shape index (κ3) is 3.07. The molecule has 3 heteroatoms. The molecule has 0 aliphatic heterocycles. The Bertz CT molecular complexity index is 675. The largest absolute Gasteiger partial charge is 0.478 e. The van der Waals surface area contributed by atoms with Crippen molar-refractivity contribution in [2.45, 2.75) is 32.2 Å². The molecular formula is C18H19NO2. The first-order valence-electron chi connectivity index (χ1n) is 7.31. The number of carbonyl (C=O) groups is 1. The summed E-state index contributed by atoms with van der Waals surface area (Å²) in [5.74, 6) is -0.131. The highest BCUT2D eigenvalue weighted by Crippen LogP contribution is 2.40. The van der Waals surface area contributed by atoms with Crippen LogP contribution >= 0.6 is 0 Å². The molecule has 0 atom stereocenters. The van der Waals surface area contributed by atoms with Gasteiger partial charge in [0, 0.05) is 12.2 Å². The van der Waals surface area contributed by atoms with E-state index >= 15 is 0 Å². The normalized spacial score (nSPS) is 14.0. The van der Waals surface area contributed by atoms with E-state index in [2.05, 4.69) is 29.6 Å². The highest BCUT2D eigenvalue weighted by Gasteiger charge is 2.23. The number of benzene rings is 2. The average molecular weight is 281 g/mol. The summed E-state index contributed by atoms with van der Waals surface area (Å²) in [4.78, 5) is 11.1. The molecule has 2 aromatic rings. The van der Waals surface area contributed by atoms with Crippen LogP contribution in [-0.2, 0) is 6.54 Å². The van der Waals surface area contributed by atoms with Crippen molar-refractivity contribution in [2.75, 3.05) is 5.32 Å². The van der Waals surface area contributed by atoms with E-state index in [1.165, 1.54) is 24.0 Å². The predicted molar refractivity (Wildman–Crippen MR) is 83.9 cm³/mol. The van der Waals surface area contributed by atoms with Crippen LogP contribution in [0.4, 0.5) is 5.69 Å². The van der Waals surface area contributed by atoms with Crippen molar-refractivity contribution < 1.29 is 9.90 Å². The molecule has 3 rings (SSSR count). The molecule has 2 aromatic carbocycles. The Labute approximate surface area is 124 Å². The van der Waals surface area contributed by atoms with Gasteiger partial charge in [-0.15, -0.1) is 0 Å². The van der Waals surface area contributed by atoms with E-state index in [4.69, 9.17) is 5.11 Å². The van der Waals surface area contributed by atoms with Crippen LogP contribution < -0.4 is 5.32 Å². The van der Waals surface area contributed by atoms with E-state index in [1.54, 1.807) is 12.1 Å². The Hall–Kier alpha value is -2.29. The zero-order valence-corrected chi connectivity index (χ0v) is 12.1. The molecule has 0 unspecified atom stereocenters. The van der Waals surface area contributed by atoms with Gasteiger partial charge in [0.05, 0.1) is 5.56 Å². The number of carboxylic acids is 1. The first kappa shape index (κ1) is 13.7. The minimum Gasteiger partial charge on any atom is -0.478 e. The molecule has 0 amide bonds. The molecular weight excluding hydrogens is 262 g/mol. The van der Waals surface area contributed by atoms with E-state index < -0.39 is 5.97 Å². The fourth-order valence-corrected chi connectivity index (χ4v) is 2.63. The van der Waals surface area contributed by atoms with E-state index in [0.29, 0.717) is 12.1 Å². The SMILES string of the molecule is Cc1c(NCc2cccc(C3CC3)c2)cccc1C(=O)O. The van der Waals surface area contributed by atoms with Crippen LogP contribution in [0.2, 0.25) is 0 Å². The van der Waals surface area contributed by atoms with Gasteiger partial charge in [0.1, 0.15) is 0 Å². The smallest absolute Gasteiger partial charge is 0.336 e. The van der Waals surface area contributed by atoms with Gasteiger partial charge in [0.2, 0.25) is 0 Å². The van der Waals surface area contributed by atoms with Gasteiger partial charge in [-0.1, -0.05) is 30.3 Å². The quantitative estimate of drug-likeness (QED) is 0.864. The van der Waals surface area contributed by atoms with E-state index in [9.17, 15) is 4.79 Å². The number of aromatic carboxylic acids is 1. The van der Waals surface area contributed by atoms with Crippen molar-refractivity contribution >= 4 is 11.7 Å². The predicted octanol–water partition coefficient (Wildman–Crippen LogP) is 4.18. The second kappa shape index (κ2) is 5.60. The Morgan fingerprint density at radius 2 is 2.00 bits per heavy atom. The summed E-state index contributed by atoms with van der Waals surface area (Å²) < 4.78 is 0. The molecule has 2 N–H and O–H groups in total. The molecule has 108 valence electrons. The van der Waals surface area contributed by atoms with Crippen LogP contribution in [-0.4, -0.2) is 11.1 Å². The standard InChI is InChI=1S/C18H19NO2/c1-12-16(18(20)21)6-3-7-17(12)19-11-13-4-2-5-15(10-13)14-8-9-14/h2-7,10,14,19H,8-9,11H2,1H3,(H,20,21). The summed E-state index contributed by atoms with van der Waals surface area (Å²) in [6.45, 7) is 2.55. The first-order chi connectivity index (χ1) is 10.1. The molecule has 3 nitrogen and oxygen atoms in total. The maximum atomic E-state index is 11.1. The fraction of sp³-hybridized carbons (Fsp3) is 0.278. The third-order valence-electron chi connectivity index (χ3n) is 4.05. The molecule has 0 spiro atoms. The van der Waals surface area contributed by atoms with Gasteiger partial charge in [0.25, 0.3) is 0 Å². The summed E-state index contributed by atoms with van der Waals surface area (Å²) in [5, 5.41) is 12.5. The van der Waals surface area contributed by atoms with Gasteiger partial charge in [-0.05, 0) is 54.5 Å². The average Bonchev–Trinajstić information content (AvgIpc) is 3.31. The highest BCUT2D eigenvalue weighted by atomic mass is 16.4. The summed E-state index contributed by atoms with van der Waals surface area (Å²) in [7, 11) is 0. The summed E-state index contributed by atoms with van der Waals surface area (Å²) in [6, 6.07) is 14.0. The van der Waals surface area contributed by atoms with Gasteiger partial charge in [-0.2, -0.15) is 0 Å². The lowest BCUT2D eigenvalue weighted by atomic mass is 10.1. The minimum absolute atomic E-state index is 0.353. The van der Waals surface area contributed by atoms with Crippen molar-refractivity contribution in [3.8, 4) is 0 Å². The monoisotopic (exact) mass is 281 g/mol. The topological polar surface area (TPSA) is 49.3 Å². The van der Waals surface area contributed by atoms with Gasteiger partial charge in [0.15, 0.2) is 0 Å². The van der Waals surface area contributed by atoms with Crippen molar-refractivity contribution in [2.24, 2.45) is 0 Å². The summed E-state index contributed by atoms with van der Waals surface area (Å²) in [6.07, 6.45) is 2.60. The highest BCUT2D eigenvalue weighted by molar-refractivity contribution is 5.91. The lowest BCUT2D eigenvalue weighted by Gasteiger charge is -2.12. The lowest BCUT2D eigenvalue weighted by molar-refractivity contribution is 0.0696. The van der Waals surface area contributed by atoms with Crippen LogP contribution in [0.3, 0.4) is 0 Å². The third-order valence-corrected chi connectivity index (χ3v) is 4.05. The van der Waals surface area contributed by atoms with Crippen molar-refractivity contribution in [1.82, 2.24) is 0 Å². The van der Waals surface area contributed by atoms with Crippen molar-refractivity contribution in [3.63, 3.8) is 0 Å². The molecule has 0 heterocycles. The lowest BCUT2D eigenvalue weighted by Crippen LogP contribution is -2.05. The zero-order chi connectivity index (χ0) is 14.8. The minimum atomic E-state index is -0.883. The number of rotatable bonds is 5. The maximum Gasteiger partial charge on any atom is 0.336 e. The molecule has 1 fully saturated rings. The summed E-state index contributed by atoms with van der Waals surface area (Å²) in [5.41, 5.74) is 4.67. The van der Waals surface area contributed by atoms with Crippen LogP contribution in [0.15, 0.2) is 42.5 Å². The van der Waals surface area contributed by atoms with Crippen molar-refractivity contribution in [1.29, 1.82) is 0 Å². The van der Waals surface area contributed by atoms with Crippen LogP contribution in [0.1, 0.15) is 45.8 Å². The van der Waals surface area contributed by atoms with E-state index in [-0.39, 0.29) is 0 Å². The van der Waals surface area contributed by atoms with Gasteiger partial charge in [-0.3, -0.25) is 0 Å². The Morgan fingerprint density at radius 3 is 2.71 bits per heavy atom. The molecule has 0 aromatic heterocycles. The zero-order valence-electron chi connectivity index (χ0n) is 12.1. The molecule has 1 saturated carbocycles. The second-order valence-corrected chi connectivity index (χ2v) is 5.66. The first-order valence-corrected chi connectivity index (χ1v) is 7.31. The number of anilines is 1. The number of nitrogens with one attached hydrogen (secondary N) is 1. The number of hydrogen-bond donors (Lipinski definition) is 2. The second-order valence-electron chi connectivity index (χ2n) is 5.66. The Kier molecular flexibility index (Phi) is 3.65. The summed E-state index contributed by atoms with van der Waals surface area (Å²) >= 11 is 0. The van der Waals surface area contributed by atoms with E-state index in [0.717, 1.165) is 17.2 Å². The molecule has 0 radical (unpaired) electrons.